The molecule has 1 heterocycles. The van der Waals surface area contributed by atoms with E-state index in [1.54, 1.807) is 5.38 Å². The van der Waals surface area contributed by atoms with Crippen LogP contribution in [0.25, 0.3) is 0 Å². The highest BCUT2D eigenvalue weighted by molar-refractivity contribution is 7.12. The lowest BCUT2D eigenvalue weighted by Crippen LogP contribution is -1.96. The topological polar surface area (TPSA) is 63.6 Å². The minimum Gasteiger partial charge on any atom is -0.477 e. The van der Waals surface area contributed by atoms with Crippen LogP contribution < -0.4 is 0 Å². The highest BCUT2D eigenvalue weighted by atomic mass is 32.1. The van der Waals surface area contributed by atoms with Crippen LogP contribution in [0.5, 0.6) is 0 Å². The van der Waals surface area contributed by atoms with Crippen molar-refractivity contribution in [2.24, 2.45) is 0 Å². The van der Waals surface area contributed by atoms with E-state index in [1.165, 1.54) is 13.2 Å². The molecule has 1 N–H and O–H groups in total. The number of rotatable bonds is 2. The average molecular weight is 224 g/mol. The first-order valence-electron chi connectivity index (χ1n) is 4.01. The van der Waals surface area contributed by atoms with Crippen LogP contribution in [0.4, 0.5) is 0 Å². The summed E-state index contributed by atoms with van der Waals surface area (Å²) in [5.41, 5.74) is 0.598. The Morgan fingerprint density at radius 2 is 2.33 bits per heavy atom. The summed E-state index contributed by atoms with van der Waals surface area (Å²) in [5, 5.41) is 10.3. The van der Waals surface area contributed by atoms with Gasteiger partial charge in [-0.3, -0.25) is 4.79 Å². The number of aromatic carboxylic acids is 1. The fourth-order valence-corrected chi connectivity index (χ4v) is 1.48. The summed E-state index contributed by atoms with van der Waals surface area (Å²) >= 11 is 1.10. The predicted octanol–water partition coefficient (Wildman–Crippen LogP) is 1.36. The van der Waals surface area contributed by atoms with Crippen molar-refractivity contribution in [3.8, 4) is 11.8 Å². The number of carbonyl (C=O) groups is 2. The first kappa shape index (κ1) is 11.3. The Balaban J connectivity index is 2.64. The quantitative estimate of drug-likeness (QED) is 0.608. The molecule has 5 heteroatoms. The maximum atomic E-state index is 10.7. The van der Waals surface area contributed by atoms with Crippen molar-refractivity contribution in [1.29, 1.82) is 0 Å². The molecule has 0 aliphatic rings. The van der Waals surface area contributed by atoms with E-state index in [4.69, 9.17) is 5.11 Å². The molecule has 0 aliphatic heterocycles. The number of carboxylic acids is 1. The zero-order valence-corrected chi connectivity index (χ0v) is 8.76. The Kier molecular flexibility index (Phi) is 3.89. The Labute approximate surface area is 90.5 Å². The molecule has 0 aromatic carbocycles. The first-order chi connectivity index (χ1) is 7.13. The van der Waals surface area contributed by atoms with Gasteiger partial charge in [-0.2, -0.15) is 0 Å². The molecule has 0 aliphatic carbocycles. The number of carbonyl (C=O) groups excluding carboxylic acids is 1. The Bertz CT molecular complexity index is 436. The molecular formula is C10H8O4S. The molecule has 1 aromatic heterocycles. The molecule has 0 saturated carbocycles. The number of thiophene rings is 1. The Hall–Kier alpha value is -1.80. The number of carboxylic acid groups (broad SMARTS) is 1. The van der Waals surface area contributed by atoms with Gasteiger partial charge in [0.1, 0.15) is 11.3 Å². The van der Waals surface area contributed by atoms with Gasteiger partial charge in [0.2, 0.25) is 0 Å². The molecular weight excluding hydrogens is 216 g/mol. The van der Waals surface area contributed by atoms with Gasteiger partial charge in [0.15, 0.2) is 0 Å². The van der Waals surface area contributed by atoms with Gasteiger partial charge in [0.05, 0.1) is 7.11 Å². The number of hydrogen-bond acceptors (Lipinski definition) is 4. The number of methoxy groups -OCH3 is 1. The van der Waals surface area contributed by atoms with Crippen molar-refractivity contribution in [3.63, 3.8) is 0 Å². The maximum Gasteiger partial charge on any atom is 0.345 e. The molecule has 1 aromatic rings. The van der Waals surface area contributed by atoms with Gasteiger partial charge in [0.25, 0.3) is 0 Å². The minimum absolute atomic E-state index is 0.00868. The molecule has 0 fully saturated rings. The number of ether oxygens (including phenoxy) is 1. The van der Waals surface area contributed by atoms with Crippen LogP contribution in [0.15, 0.2) is 11.4 Å². The second-order valence-corrected chi connectivity index (χ2v) is 3.47. The lowest BCUT2D eigenvalue weighted by molar-refractivity contribution is -0.139. The van der Waals surface area contributed by atoms with Gasteiger partial charge in [-0.15, -0.1) is 11.3 Å². The van der Waals surface area contributed by atoms with Gasteiger partial charge < -0.3 is 9.84 Å². The Morgan fingerprint density at radius 1 is 1.60 bits per heavy atom. The van der Waals surface area contributed by atoms with Gasteiger partial charge in [-0.05, 0) is 6.07 Å². The van der Waals surface area contributed by atoms with E-state index in [2.05, 4.69) is 16.6 Å². The van der Waals surface area contributed by atoms with E-state index in [0.717, 1.165) is 11.3 Å². The third-order valence-electron chi connectivity index (χ3n) is 1.50. The van der Waals surface area contributed by atoms with E-state index in [0.29, 0.717) is 5.56 Å². The van der Waals surface area contributed by atoms with Crippen molar-refractivity contribution < 1.29 is 19.4 Å². The minimum atomic E-state index is -0.971. The van der Waals surface area contributed by atoms with Crippen LogP contribution >= 0.6 is 11.3 Å². The van der Waals surface area contributed by atoms with E-state index < -0.39 is 11.9 Å². The molecule has 0 unspecified atom stereocenters. The monoisotopic (exact) mass is 224 g/mol. The molecule has 0 atom stereocenters. The third-order valence-corrected chi connectivity index (χ3v) is 2.42. The molecule has 1 rings (SSSR count). The fourth-order valence-electron chi connectivity index (χ4n) is 0.805. The molecule has 0 spiro atoms. The van der Waals surface area contributed by atoms with E-state index >= 15 is 0 Å². The van der Waals surface area contributed by atoms with Crippen LogP contribution in [-0.2, 0) is 9.53 Å². The van der Waals surface area contributed by atoms with Gasteiger partial charge in [-0.25, -0.2) is 4.79 Å². The summed E-state index contributed by atoms with van der Waals surface area (Å²) in [5.74, 6) is 3.90. The zero-order chi connectivity index (χ0) is 11.3. The molecule has 0 radical (unpaired) electrons. The molecule has 0 amide bonds. The van der Waals surface area contributed by atoms with Crippen molar-refractivity contribution in [1.82, 2.24) is 0 Å². The molecule has 15 heavy (non-hydrogen) atoms. The maximum absolute atomic E-state index is 10.7. The largest absolute Gasteiger partial charge is 0.477 e. The normalized spacial score (nSPS) is 8.87. The zero-order valence-electron chi connectivity index (χ0n) is 7.94. The van der Waals surface area contributed by atoms with Crippen molar-refractivity contribution in [2.45, 2.75) is 6.42 Å². The third kappa shape index (κ3) is 3.44. The van der Waals surface area contributed by atoms with E-state index in [-0.39, 0.29) is 11.3 Å². The van der Waals surface area contributed by atoms with Crippen LogP contribution in [-0.4, -0.2) is 24.2 Å². The summed E-state index contributed by atoms with van der Waals surface area (Å²) in [6, 6.07) is 1.47. The SMILES string of the molecule is COC(=O)CC#Cc1csc(C(=O)O)c1. The second kappa shape index (κ2) is 5.17. The average Bonchev–Trinajstić information content (AvgIpc) is 2.66. The molecule has 78 valence electrons. The highest BCUT2D eigenvalue weighted by Gasteiger charge is 2.04. The van der Waals surface area contributed by atoms with Gasteiger partial charge >= 0.3 is 11.9 Å². The van der Waals surface area contributed by atoms with Crippen LogP contribution in [0.2, 0.25) is 0 Å². The van der Waals surface area contributed by atoms with Crippen LogP contribution in [0.1, 0.15) is 21.7 Å². The van der Waals surface area contributed by atoms with Crippen molar-refractivity contribution >= 4 is 23.3 Å². The first-order valence-corrected chi connectivity index (χ1v) is 4.89. The fraction of sp³-hybridized carbons (Fsp3) is 0.200. The lowest BCUT2D eigenvalue weighted by atomic mass is 10.3. The lowest BCUT2D eigenvalue weighted by Gasteiger charge is -1.88. The van der Waals surface area contributed by atoms with Gasteiger partial charge in [0, 0.05) is 10.9 Å². The molecule has 0 saturated heterocycles. The number of esters is 1. The summed E-state index contributed by atoms with van der Waals surface area (Å²) in [7, 11) is 1.29. The smallest absolute Gasteiger partial charge is 0.345 e. The summed E-state index contributed by atoms with van der Waals surface area (Å²) in [6.45, 7) is 0. The van der Waals surface area contributed by atoms with Crippen molar-refractivity contribution in [2.75, 3.05) is 7.11 Å². The summed E-state index contributed by atoms with van der Waals surface area (Å²) in [6.07, 6.45) is 0.00868. The van der Waals surface area contributed by atoms with Crippen LogP contribution in [0, 0.1) is 11.8 Å². The highest BCUT2D eigenvalue weighted by Crippen LogP contribution is 2.13. The summed E-state index contributed by atoms with van der Waals surface area (Å²) in [4.78, 5) is 21.5. The molecule has 4 nitrogen and oxygen atoms in total. The van der Waals surface area contributed by atoms with Gasteiger partial charge in [-0.1, -0.05) is 11.8 Å². The van der Waals surface area contributed by atoms with Crippen molar-refractivity contribution in [3.05, 3.63) is 21.9 Å². The molecule has 0 bridgehead atoms. The standard InChI is InChI=1S/C10H8O4S/c1-14-9(11)4-2-3-7-5-8(10(12)13)15-6-7/h5-6H,4H2,1H3,(H,12,13). The Morgan fingerprint density at radius 3 is 2.87 bits per heavy atom. The van der Waals surface area contributed by atoms with Crippen LogP contribution in [0.3, 0.4) is 0 Å². The number of hydrogen-bond donors (Lipinski definition) is 1. The van der Waals surface area contributed by atoms with E-state index in [1.807, 2.05) is 0 Å². The predicted molar refractivity (Wildman–Crippen MR) is 54.8 cm³/mol. The van der Waals surface area contributed by atoms with E-state index in [9.17, 15) is 9.59 Å². The second-order valence-electron chi connectivity index (χ2n) is 2.56. The summed E-state index contributed by atoms with van der Waals surface area (Å²) < 4.78 is 4.40.